The maximum absolute atomic E-state index is 13.6. The van der Waals surface area contributed by atoms with Crippen molar-refractivity contribution in [3.8, 4) is 45.9 Å². The van der Waals surface area contributed by atoms with E-state index in [0.717, 1.165) is 29.2 Å². The van der Waals surface area contributed by atoms with Gasteiger partial charge < -0.3 is 39.8 Å². The van der Waals surface area contributed by atoms with Gasteiger partial charge in [-0.1, -0.05) is 46.7 Å². The first-order valence-corrected chi connectivity index (χ1v) is 19.5. The minimum Gasteiger partial charge on any atom is -0.436 e. The van der Waals surface area contributed by atoms with Gasteiger partial charge in [0.05, 0.1) is 22.5 Å². The Hall–Kier alpha value is -7.33. The summed E-state index contributed by atoms with van der Waals surface area (Å²) in [6, 6.07) is 30.3. The lowest BCUT2D eigenvalue weighted by molar-refractivity contribution is 0.381. The highest BCUT2D eigenvalue weighted by molar-refractivity contribution is 7.50. The Morgan fingerprint density at radius 1 is 0.610 bits per heavy atom. The van der Waals surface area contributed by atoms with Crippen LogP contribution in [-0.4, -0.2) is 46.7 Å². The second-order valence-corrected chi connectivity index (χ2v) is 14.2. The number of halogens is 2. The number of para-hydroxylation sites is 2. The molecular weight excluding hydrogens is 785 g/mol. The van der Waals surface area contributed by atoms with Crippen molar-refractivity contribution >= 4 is 19.2 Å². The van der Waals surface area contributed by atoms with E-state index in [9.17, 15) is 13.3 Å². The lowest BCUT2D eigenvalue weighted by Crippen LogP contribution is -1.93. The monoisotopic (exact) mass is 820 g/mol. The molecule has 0 fully saturated rings. The number of aromatic nitrogens is 6. The first kappa shape index (κ1) is 41.3. The van der Waals surface area contributed by atoms with Crippen LogP contribution in [-0.2, 0) is 17.4 Å². The standard InChI is InChI=1S/2C20H15FN4O2.CH5O3P/c2*21-16-5-1-2-6-17(16)26-19-8-7-13(12-24-19)10-14-11-18(27-25-14)15-4-3-9-23-20(15)22;1-5(2,3)4/h2*1-9,11-12H,10H2,(H2,22,23);1H3,(H2,2,3,4). The van der Waals surface area contributed by atoms with Gasteiger partial charge in [0.25, 0.3) is 0 Å². The van der Waals surface area contributed by atoms with E-state index in [-0.39, 0.29) is 11.5 Å². The van der Waals surface area contributed by atoms with Crippen molar-refractivity contribution in [3.63, 3.8) is 0 Å². The molecule has 0 aliphatic carbocycles. The van der Waals surface area contributed by atoms with Gasteiger partial charge in [0, 0.05) is 68.6 Å². The van der Waals surface area contributed by atoms with E-state index in [2.05, 4.69) is 30.2 Å². The summed E-state index contributed by atoms with van der Waals surface area (Å²) in [5.74, 6) is 1.90. The van der Waals surface area contributed by atoms with Crippen LogP contribution >= 0.6 is 7.60 Å². The molecule has 0 spiro atoms. The molecule has 6 N–H and O–H groups in total. The molecule has 300 valence electrons. The average molecular weight is 821 g/mol. The van der Waals surface area contributed by atoms with Crippen molar-refractivity contribution in [2.45, 2.75) is 12.8 Å². The second-order valence-electron chi connectivity index (χ2n) is 12.5. The fourth-order valence-electron chi connectivity index (χ4n) is 5.15. The van der Waals surface area contributed by atoms with Crippen LogP contribution in [0.1, 0.15) is 22.5 Å². The van der Waals surface area contributed by atoms with Crippen molar-refractivity contribution < 1.29 is 41.7 Å². The first-order valence-electron chi connectivity index (χ1n) is 17.5. The number of ether oxygens (including phenoxy) is 2. The molecule has 0 bridgehead atoms. The van der Waals surface area contributed by atoms with Crippen LogP contribution in [0.15, 0.2) is 143 Å². The summed E-state index contributed by atoms with van der Waals surface area (Å²) in [5, 5.41) is 8.13. The Labute approximate surface area is 335 Å². The Bertz CT molecular complexity index is 2480. The minimum absolute atomic E-state index is 0.132. The Morgan fingerprint density at radius 2 is 1.02 bits per heavy atom. The molecule has 2 aromatic carbocycles. The number of pyridine rings is 4. The Kier molecular flexibility index (Phi) is 13.4. The number of hydrogen-bond donors (Lipinski definition) is 4. The molecule has 0 radical (unpaired) electrons. The summed E-state index contributed by atoms with van der Waals surface area (Å²) in [5.41, 5.74) is 16.4. The minimum atomic E-state index is -3.64. The number of anilines is 2. The second kappa shape index (κ2) is 19.2. The predicted molar refractivity (Wildman–Crippen MR) is 213 cm³/mol. The summed E-state index contributed by atoms with van der Waals surface area (Å²) >= 11 is 0. The highest BCUT2D eigenvalue weighted by atomic mass is 31.2. The van der Waals surface area contributed by atoms with E-state index < -0.39 is 19.2 Å². The quantitative estimate of drug-likeness (QED) is 0.0951. The van der Waals surface area contributed by atoms with Gasteiger partial charge in [-0.3, -0.25) is 4.57 Å². The smallest absolute Gasteiger partial charge is 0.322 e. The van der Waals surface area contributed by atoms with E-state index in [1.54, 1.807) is 85.5 Å². The molecule has 0 amide bonds. The fraction of sp³-hybridized carbons (Fsp3) is 0.0732. The summed E-state index contributed by atoms with van der Waals surface area (Å²) < 4.78 is 58.2. The van der Waals surface area contributed by atoms with Crippen LogP contribution in [0.4, 0.5) is 20.4 Å². The average Bonchev–Trinajstić information content (AvgIpc) is 3.88. The molecule has 0 saturated carbocycles. The summed E-state index contributed by atoms with van der Waals surface area (Å²) in [4.78, 5) is 31.8. The van der Waals surface area contributed by atoms with Crippen LogP contribution in [0.2, 0.25) is 0 Å². The lowest BCUT2D eigenvalue weighted by atomic mass is 10.1. The third kappa shape index (κ3) is 12.3. The molecule has 0 saturated heterocycles. The largest absolute Gasteiger partial charge is 0.436 e. The zero-order valence-corrected chi connectivity index (χ0v) is 32.0. The molecule has 0 atom stereocenters. The van der Waals surface area contributed by atoms with E-state index >= 15 is 0 Å². The molecule has 8 rings (SSSR count). The SMILES string of the molecule is CP(=O)(O)O.Nc1ncccc1-c1cc(Cc2ccc(Oc3ccccc3F)nc2)no1.Nc1ncccc1-c1cc(Cc2ccc(Oc3ccccc3F)nc2)no1. The molecule has 0 unspecified atom stereocenters. The molecule has 15 nitrogen and oxygen atoms in total. The molecule has 0 aliphatic rings. The molecular formula is C41H35F2N8O7P. The molecule has 8 aromatic rings. The van der Waals surface area contributed by atoms with Crippen molar-refractivity contribution in [3.05, 3.63) is 168 Å². The molecule has 18 heteroatoms. The van der Waals surface area contributed by atoms with Gasteiger partial charge in [0.2, 0.25) is 11.8 Å². The zero-order valence-electron chi connectivity index (χ0n) is 31.1. The maximum Gasteiger partial charge on any atom is 0.322 e. The van der Waals surface area contributed by atoms with Crippen molar-refractivity contribution in [1.29, 1.82) is 0 Å². The summed E-state index contributed by atoms with van der Waals surface area (Å²) in [7, 11) is -3.64. The van der Waals surface area contributed by atoms with E-state index in [0.29, 0.717) is 58.9 Å². The van der Waals surface area contributed by atoms with Gasteiger partial charge in [0.1, 0.15) is 11.6 Å². The Morgan fingerprint density at radius 3 is 1.37 bits per heavy atom. The number of nitrogen functional groups attached to an aromatic ring is 2. The van der Waals surface area contributed by atoms with Gasteiger partial charge in [0.15, 0.2) is 34.7 Å². The van der Waals surface area contributed by atoms with Crippen LogP contribution in [0.3, 0.4) is 0 Å². The maximum atomic E-state index is 13.6. The fourth-order valence-corrected chi connectivity index (χ4v) is 5.15. The third-order valence-corrected chi connectivity index (χ3v) is 7.79. The zero-order chi connectivity index (χ0) is 41.8. The number of nitrogens with two attached hydrogens (primary N) is 2. The lowest BCUT2D eigenvalue weighted by Gasteiger charge is -2.06. The normalized spacial score (nSPS) is 10.8. The Balaban J connectivity index is 0.000000178. The number of rotatable bonds is 10. The third-order valence-electron chi connectivity index (χ3n) is 7.79. The van der Waals surface area contributed by atoms with E-state index in [1.165, 1.54) is 12.1 Å². The molecule has 6 aromatic heterocycles. The van der Waals surface area contributed by atoms with Crippen LogP contribution in [0.5, 0.6) is 23.3 Å². The van der Waals surface area contributed by atoms with Gasteiger partial charge in [-0.05, 0) is 59.7 Å². The van der Waals surface area contributed by atoms with Gasteiger partial charge in [-0.2, -0.15) is 0 Å². The van der Waals surface area contributed by atoms with Gasteiger partial charge >= 0.3 is 7.60 Å². The van der Waals surface area contributed by atoms with Crippen LogP contribution in [0.25, 0.3) is 22.6 Å². The first-order chi connectivity index (χ1) is 28.4. The van der Waals surface area contributed by atoms with E-state index in [1.807, 2.05) is 36.4 Å². The molecule has 59 heavy (non-hydrogen) atoms. The van der Waals surface area contributed by atoms with Crippen LogP contribution < -0.4 is 20.9 Å². The molecule has 0 aliphatic heterocycles. The number of nitrogens with zero attached hydrogens (tertiary/aromatic N) is 6. The van der Waals surface area contributed by atoms with Crippen LogP contribution in [0, 0.1) is 11.6 Å². The molecule has 6 heterocycles. The van der Waals surface area contributed by atoms with Crippen molar-refractivity contribution in [1.82, 2.24) is 30.2 Å². The highest BCUT2D eigenvalue weighted by Crippen LogP contribution is 2.29. The van der Waals surface area contributed by atoms with Gasteiger partial charge in [-0.15, -0.1) is 0 Å². The summed E-state index contributed by atoms with van der Waals surface area (Å²) in [6.07, 6.45) is 7.60. The van der Waals surface area contributed by atoms with Crippen molar-refractivity contribution in [2.75, 3.05) is 18.1 Å². The predicted octanol–water partition coefficient (Wildman–Crippen LogP) is 8.27. The van der Waals surface area contributed by atoms with Crippen molar-refractivity contribution in [2.24, 2.45) is 0 Å². The highest BCUT2D eigenvalue weighted by Gasteiger charge is 2.13. The summed E-state index contributed by atoms with van der Waals surface area (Å²) in [6.45, 7) is 0.854. The van der Waals surface area contributed by atoms with Gasteiger partial charge in [-0.25, -0.2) is 28.7 Å². The van der Waals surface area contributed by atoms with E-state index in [4.69, 9.17) is 39.8 Å². The topological polar surface area (TPSA) is 232 Å². The number of hydrogen-bond acceptors (Lipinski definition) is 13. The number of benzene rings is 2.